The number of aromatic nitrogens is 5. The third-order valence-electron chi connectivity index (χ3n) is 5.58. The van der Waals surface area contributed by atoms with Crippen LogP contribution in [0.3, 0.4) is 0 Å². The van der Waals surface area contributed by atoms with Gasteiger partial charge in [-0.1, -0.05) is 18.7 Å². The number of methoxy groups -OCH3 is 1. The summed E-state index contributed by atoms with van der Waals surface area (Å²) in [6.45, 7) is 5.34. The monoisotopic (exact) mass is 493 g/mol. The van der Waals surface area contributed by atoms with Gasteiger partial charge >= 0.3 is 6.01 Å². The molecule has 0 saturated heterocycles. The molecule has 10 nitrogen and oxygen atoms in total. The quantitative estimate of drug-likeness (QED) is 0.313. The van der Waals surface area contributed by atoms with E-state index in [9.17, 15) is 4.79 Å². The topological polar surface area (TPSA) is 130 Å². The standard InChI is InChI=1S/C27H23N7O3/c1-4-23(35)32-19-8-5-17(6-9-19)24-25(34-22(28)12-14-29-26(34)33-24)18-7-10-20(21(15-18)36-3)37-27-30-13-11-16(2)31-27/h4-15H,1,28H2,2-3H3,(H,32,35). The number of carbonyl (C=O) groups is 1. The van der Waals surface area contributed by atoms with E-state index in [1.54, 1.807) is 54.2 Å². The third-order valence-corrected chi connectivity index (χ3v) is 5.58. The lowest BCUT2D eigenvalue weighted by atomic mass is 10.0. The first-order chi connectivity index (χ1) is 18.0. The maximum atomic E-state index is 11.7. The normalized spacial score (nSPS) is 10.8. The highest BCUT2D eigenvalue weighted by Gasteiger charge is 2.20. The number of amides is 1. The Bertz CT molecular complexity index is 1630. The molecule has 0 atom stereocenters. The molecule has 0 radical (unpaired) electrons. The van der Waals surface area contributed by atoms with Crippen molar-refractivity contribution in [2.45, 2.75) is 6.92 Å². The molecule has 2 aromatic carbocycles. The minimum Gasteiger partial charge on any atom is -0.493 e. The Balaban J connectivity index is 1.61. The number of nitrogens with two attached hydrogens (primary N) is 1. The fourth-order valence-electron chi connectivity index (χ4n) is 3.84. The molecule has 0 spiro atoms. The number of nitrogens with zero attached hydrogens (tertiary/aromatic N) is 5. The van der Waals surface area contributed by atoms with Crippen LogP contribution in [0, 0.1) is 6.92 Å². The van der Waals surface area contributed by atoms with Gasteiger partial charge in [0.15, 0.2) is 11.5 Å². The van der Waals surface area contributed by atoms with Gasteiger partial charge in [-0.3, -0.25) is 9.20 Å². The molecule has 0 unspecified atom stereocenters. The third kappa shape index (κ3) is 4.67. The number of fused-ring (bicyclic) bond motifs is 1. The lowest BCUT2D eigenvalue weighted by molar-refractivity contribution is -0.111. The molecule has 5 aromatic rings. The number of hydrogen-bond donors (Lipinski definition) is 2. The second-order valence-electron chi connectivity index (χ2n) is 8.03. The maximum absolute atomic E-state index is 11.7. The van der Waals surface area contributed by atoms with Crippen molar-refractivity contribution in [2.24, 2.45) is 0 Å². The zero-order valence-electron chi connectivity index (χ0n) is 20.2. The Kier molecular flexibility index (Phi) is 6.21. The predicted molar refractivity (Wildman–Crippen MR) is 140 cm³/mol. The van der Waals surface area contributed by atoms with E-state index in [0.717, 1.165) is 22.5 Å². The van der Waals surface area contributed by atoms with Crippen LogP contribution in [0.15, 0.2) is 79.6 Å². The van der Waals surface area contributed by atoms with Crippen molar-refractivity contribution in [3.05, 3.63) is 85.3 Å². The number of anilines is 2. The number of nitrogens with one attached hydrogen (secondary N) is 1. The summed E-state index contributed by atoms with van der Waals surface area (Å²) in [5.74, 6) is 1.57. The van der Waals surface area contributed by atoms with Crippen LogP contribution in [0.5, 0.6) is 17.5 Å². The first-order valence-electron chi connectivity index (χ1n) is 11.3. The Labute approximate surface area is 212 Å². The van der Waals surface area contributed by atoms with E-state index >= 15 is 0 Å². The van der Waals surface area contributed by atoms with E-state index in [2.05, 4.69) is 26.8 Å². The molecule has 3 N–H and O–H groups in total. The molecular formula is C27H23N7O3. The highest BCUT2D eigenvalue weighted by Crippen LogP contribution is 2.39. The fourth-order valence-corrected chi connectivity index (χ4v) is 3.84. The summed E-state index contributed by atoms with van der Waals surface area (Å²) in [5, 5.41) is 2.74. The van der Waals surface area contributed by atoms with E-state index in [1.165, 1.54) is 6.08 Å². The number of rotatable bonds is 7. The first-order valence-corrected chi connectivity index (χ1v) is 11.3. The van der Waals surface area contributed by atoms with Gasteiger partial charge in [-0.05, 0) is 55.5 Å². The molecule has 5 rings (SSSR count). The summed E-state index contributed by atoms with van der Waals surface area (Å²) < 4.78 is 13.3. The molecule has 10 heteroatoms. The van der Waals surface area contributed by atoms with Crippen molar-refractivity contribution >= 4 is 23.2 Å². The van der Waals surface area contributed by atoms with Crippen LogP contribution < -0.4 is 20.5 Å². The average Bonchev–Trinajstić information content (AvgIpc) is 3.30. The summed E-state index contributed by atoms with van der Waals surface area (Å²) in [4.78, 5) is 29.3. The van der Waals surface area contributed by atoms with Crippen molar-refractivity contribution in [3.8, 4) is 40.0 Å². The molecule has 0 fully saturated rings. The Morgan fingerprint density at radius 1 is 1.00 bits per heavy atom. The summed E-state index contributed by atoms with van der Waals surface area (Å²) in [5.41, 5.74) is 10.7. The van der Waals surface area contributed by atoms with Gasteiger partial charge in [0.05, 0.1) is 18.5 Å². The van der Waals surface area contributed by atoms with Crippen molar-refractivity contribution in [3.63, 3.8) is 0 Å². The van der Waals surface area contributed by atoms with Crippen molar-refractivity contribution in [1.82, 2.24) is 24.3 Å². The van der Waals surface area contributed by atoms with E-state index in [1.807, 2.05) is 31.2 Å². The number of imidazole rings is 1. The largest absolute Gasteiger partial charge is 0.493 e. The van der Waals surface area contributed by atoms with Gasteiger partial charge in [-0.15, -0.1) is 0 Å². The summed E-state index contributed by atoms with van der Waals surface area (Å²) >= 11 is 0. The average molecular weight is 494 g/mol. The molecular weight excluding hydrogens is 470 g/mol. The van der Waals surface area contributed by atoms with Gasteiger partial charge in [0.25, 0.3) is 0 Å². The SMILES string of the molecule is C=CC(=O)Nc1ccc(-c2nc3nccc(N)n3c2-c2ccc(Oc3nccc(C)n3)c(OC)c2)cc1. The van der Waals surface area contributed by atoms with Crippen LogP contribution in [0.25, 0.3) is 28.3 Å². The van der Waals surface area contributed by atoms with E-state index in [0.29, 0.717) is 34.5 Å². The first kappa shape index (κ1) is 23.5. The zero-order valence-corrected chi connectivity index (χ0v) is 20.2. The Morgan fingerprint density at radius 2 is 1.76 bits per heavy atom. The van der Waals surface area contributed by atoms with Crippen LogP contribution >= 0.6 is 0 Å². The lowest BCUT2D eigenvalue weighted by Gasteiger charge is -2.13. The van der Waals surface area contributed by atoms with Gasteiger partial charge in [0.2, 0.25) is 11.7 Å². The molecule has 0 aliphatic heterocycles. The molecule has 3 aromatic heterocycles. The number of ether oxygens (including phenoxy) is 2. The number of nitrogen functional groups attached to an aromatic ring is 1. The van der Waals surface area contributed by atoms with E-state index < -0.39 is 0 Å². The molecule has 1 amide bonds. The molecule has 0 aliphatic carbocycles. The summed E-state index contributed by atoms with van der Waals surface area (Å²) in [6.07, 6.45) is 4.46. The predicted octanol–water partition coefficient (Wildman–Crippen LogP) is 4.67. The van der Waals surface area contributed by atoms with Crippen LogP contribution in [-0.2, 0) is 4.79 Å². The van der Waals surface area contributed by atoms with Gasteiger partial charge in [0, 0.05) is 34.9 Å². The lowest BCUT2D eigenvalue weighted by Crippen LogP contribution is -2.06. The number of aryl methyl sites for hydroxylation is 1. The number of benzene rings is 2. The summed E-state index contributed by atoms with van der Waals surface area (Å²) in [6, 6.07) is 16.5. The van der Waals surface area contributed by atoms with Crippen LogP contribution in [0.4, 0.5) is 11.5 Å². The number of hydrogen-bond acceptors (Lipinski definition) is 8. The van der Waals surface area contributed by atoms with Crippen LogP contribution in [-0.4, -0.2) is 37.4 Å². The molecule has 0 saturated carbocycles. The van der Waals surface area contributed by atoms with E-state index in [-0.39, 0.29) is 11.9 Å². The molecule has 0 bridgehead atoms. The van der Waals surface area contributed by atoms with E-state index in [4.69, 9.17) is 20.2 Å². The van der Waals surface area contributed by atoms with Crippen molar-refractivity contribution in [1.29, 1.82) is 0 Å². The minimum absolute atomic E-state index is 0.221. The maximum Gasteiger partial charge on any atom is 0.322 e. The van der Waals surface area contributed by atoms with Gasteiger partial charge in [-0.25, -0.2) is 19.9 Å². The second-order valence-corrected chi connectivity index (χ2v) is 8.03. The molecule has 3 heterocycles. The van der Waals surface area contributed by atoms with Gasteiger partial charge in [-0.2, -0.15) is 0 Å². The van der Waals surface area contributed by atoms with Crippen molar-refractivity contribution < 1.29 is 14.3 Å². The van der Waals surface area contributed by atoms with Crippen LogP contribution in [0.1, 0.15) is 5.69 Å². The number of carbonyl (C=O) groups excluding carboxylic acids is 1. The molecule has 37 heavy (non-hydrogen) atoms. The highest BCUT2D eigenvalue weighted by molar-refractivity contribution is 5.99. The van der Waals surface area contributed by atoms with Crippen molar-refractivity contribution in [2.75, 3.05) is 18.2 Å². The summed E-state index contributed by atoms with van der Waals surface area (Å²) in [7, 11) is 1.56. The zero-order chi connectivity index (χ0) is 25.9. The Hall–Kier alpha value is -5.25. The van der Waals surface area contributed by atoms with Crippen LogP contribution in [0.2, 0.25) is 0 Å². The van der Waals surface area contributed by atoms with Gasteiger partial charge < -0.3 is 20.5 Å². The molecule has 0 aliphatic rings. The second kappa shape index (κ2) is 9.78. The highest BCUT2D eigenvalue weighted by atomic mass is 16.5. The molecule has 184 valence electrons. The van der Waals surface area contributed by atoms with Gasteiger partial charge in [0.1, 0.15) is 5.82 Å². The Morgan fingerprint density at radius 3 is 2.49 bits per heavy atom. The minimum atomic E-state index is -0.288. The smallest absolute Gasteiger partial charge is 0.322 e. The fraction of sp³-hybridized carbons (Fsp3) is 0.0741.